The fourth-order valence-corrected chi connectivity index (χ4v) is 3.80. The maximum absolute atomic E-state index is 12.8. The summed E-state index contributed by atoms with van der Waals surface area (Å²) < 4.78 is 8.56. The summed E-state index contributed by atoms with van der Waals surface area (Å²) in [7, 11) is 5.28. The lowest BCUT2D eigenvalue weighted by atomic mass is 10.1. The van der Waals surface area contributed by atoms with Gasteiger partial charge in [-0.3, -0.25) is 14.5 Å². The molecule has 1 aliphatic heterocycles. The summed E-state index contributed by atoms with van der Waals surface area (Å²) in [4.78, 5) is 26.8. The molecule has 2 aromatic rings. The number of piperidine rings is 1. The molecule has 8 nitrogen and oxygen atoms in total. The van der Waals surface area contributed by atoms with E-state index >= 15 is 0 Å². The second kappa shape index (κ2) is 9.34. The van der Waals surface area contributed by atoms with Gasteiger partial charge in [0.15, 0.2) is 0 Å². The predicted molar refractivity (Wildman–Crippen MR) is 117 cm³/mol. The van der Waals surface area contributed by atoms with E-state index in [1.165, 1.54) is 12.2 Å². The predicted octanol–water partition coefficient (Wildman–Crippen LogP) is 3.57. The first-order chi connectivity index (χ1) is 13.9. The van der Waals surface area contributed by atoms with Crippen LogP contribution in [-0.4, -0.2) is 41.5 Å². The van der Waals surface area contributed by atoms with Crippen molar-refractivity contribution in [2.24, 2.45) is 7.05 Å². The molecule has 1 fully saturated rings. The van der Waals surface area contributed by atoms with Crippen LogP contribution in [0, 0.1) is 6.92 Å². The highest BCUT2D eigenvalue weighted by atomic mass is 32.2. The van der Waals surface area contributed by atoms with Gasteiger partial charge in [0, 0.05) is 38.9 Å². The van der Waals surface area contributed by atoms with Crippen LogP contribution in [0.2, 0.25) is 0 Å². The molecule has 0 aliphatic carbocycles. The van der Waals surface area contributed by atoms with E-state index in [2.05, 4.69) is 10.7 Å². The van der Waals surface area contributed by atoms with Crippen molar-refractivity contribution >= 4 is 41.2 Å². The van der Waals surface area contributed by atoms with Crippen LogP contribution in [0.5, 0.6) is 0 Å². The van der Waals surface area contributed by atoms with Gasteiger partial charge in [-0.25, -0.2) is 0 Å². The van der Waals surface area contributed by atoms with E-state index in [1.807, 2.05) is 43.8 Å². The van der Waals surface area contributed by atoms with Crippen molar-refractivity contribution < 1.29 is 13.8 Å². The van der Waals surface area contributed by atoms with Crippen LogP contribution >= 0.6 is 12.2 Å². The zero-order valence-corrected chi connectivity index (χ0v) is 18.0. The van der Waals surface area contributed by atoms with Gasteiger partial charge in [0.25, 0.3) is 5.91 Å². The highest BCUT2D eigenvalue weighted by Gasteiger charge is 2.23. The topological polar surface area (TPSA) is 78.8 Å². The van der Waals surface area contributed by atoms with E-state index in [1.54, 1.807) is 28.7 Å². The summed E-state index contributed by atoms with van der Waals surface area (Å²) in [6.45, 7) is 2.66. The zero-order chi connectivity index (χ0) is 21.0. The lowest BCUT2D eigenvalue weighted by molar-refractivity contribution is -0.119. The second-order valence-corrected chi connectivity index (χ2v) is 8.12. The van der Waals surface area contributed by atoms with Crippen molar-refractivity contribution in [3.8, 4) is 0 Å². The molecule has 2 amide bonds. The Labute approximate surface area is 175 Å². The lowest BCUT2D eigenvalue weighted by Gasteiger charge is -2.26. The van der Waals surface area contributed by atoms with Crippen molar-refractivity contribution in [2.45, 2.75) is 26.2 Å². The van der Waals surface area contributed by atoms with Gasteiger partial charge in [0.2, 0.25) is 5.91 Å². The Morgan fingerprint density at radius 1 is 1.21 bits per heavy atom. The first-order valence-corrected chi connectivity index (χ1v) is 10.2. The largest absolute Gasteiger partial charge is 0.337 e. The van der Waals surface area contributed by atoms with E-state index in [0.29, 0.717) is 24.2 Å². The summed E-state index contributed by atoms with van der Waals surface area (Å²) in [5.41, 5.74) is 6.22. The molecular weight excluding hydrogens is 390 g/mol. The highest BCUT2D eigenvalue weighted by molar-refractivity contribution is 7.92. The molecule has 156 valence electrons. The minimum atomic E-state index is -0.215. The fourth-order valence-electron chi connectivity index (χ4n) is 3.43. The molecule has 9 heteroatoms. The Hall–Kier alpha value is -2.49. The number of carbonyl (C=O) groups excluding carboxylic acids is 2. The summed E-state index contributed by atoms with van der Waals surface area (Å²) in [6.07, 6.45) is 4.22. The first-order valence-electron chi connectivity index (χ1n) is 9.48. The quantitative estimate of drug-likeness (QED) is 0.407. The van der Waals surface area contributed by atoms with Crippen molar-refractivity contribution in [1.82, 2.24) is 8.98 Å². The Morgan fingerprint density at radius 2 is 1.97 bits per heavy atom. The van der Waals surface area contributed by atoms with Crippen LogP contribution in [0.15, 0.2) is 30.5 Å². The van der Waals surface area contributed by atoms with Crippen molar-refractivity contribution in [3.05, 3.63) is 41.6 Å². The molecule has 0 atom stereocenters. The molecule has 3 rings (SSSR count). The van der Waals surface area contributed by atoms with Gasteiger partial charge in [-0.05, 0) is 49.6 Å². The van der Waals surface area contributed by atoms with Crippen LogP contribution in [0.3, 0.4) is 0 Å². The maximum atomic E-state index is 12.8. The van der Waals surface area contributed by atoms with Gasteiger partial charge in [0.1, 0.15) is 18.0 Å². The van der Waals surface area contributed by atoms with Crippen molar-refractivity contribution in [2.75, 3.05) is 36.3 Å². The molecule has 0 saturated carbocycles. The van der Waals surface area contributed by atoms with E-state index < -0.39 is 0 Å². The van der Waals surface area contributed by atoms with Crippen LogP contribution < -0.4 is 15.6 Å². The molecule has 2 heterocycles. The third-order valence-corrected chi connectivity index (χ3v) is 5.11. The van der Waals surface area contributed by atoms with Crippen molar-refractivity contribution in [3.63, 3.8) is 0 Å². The van der Waals surface area contributed by atoms with E-state index in [0.717, 1.165) is 29.9 Å². The van der Waals surface area contributed by atoms with Gasteiger partial charge < -0.3 is 19.5 Å². The number of anilines is 3. The van der Waals surface area contributed by atoms with Gasteiger partial charge in [-0.15, -0.1) is 4.41 Å². The number of rotatable bonds is 7. The number of aryl methyl sites for hydroxylation is 2. The van der Waals surface area contributed by atoms with Crippen LogP contribution in [0.25, 0.3) is 0 Å². The van der Waals surface area contributed by atoms with Gasteiger partial charge >= 0.3 is 0 Å². The molecule has 0 spiro atoms. The molecule has 29 heavy (non-hydrogen) atoms. The van der Waals surface area contributed by atoms with Gasteiger partial charge in [0.05, 0.1) is 18.4 Å². The SMILES string of the molecule is COSN(C)Nc1cc(C)cc(NC(=O)c2cc(N3CCCCC3=O)n(C)c2)c1. The molecule has 1 aliphatic rings. The van der Waals surface area contributed by atoms with E-state index in [-0.39, 0.29) is 11.8 Å². The summed E-state index contributed by atoms with van der Waals surface area (Å²) in [5.74, 6) is 0.647. The number of nitrogens with one attached hydrogen (secondary N) is 2. The molecule has 0 bridgehead atoms. The molecule has 0 unspecified atom stereocenters. The Balaban J connectivity index is 1.74. The number of nitrogens with zero attached hydrogens (tertiary/aromatic N) is 3. The summed E-state index contributed by atoms with van der Waals surface area (Å²) in [6, 6.07) is 7.52. The fraction of sp³-hybridized carbons (Fsp3) is 0.400. The third-order valence-electron chi connectivity index (χ3n) is 4.65. The van der Waals surface area contributed by atoms with Crippen molar-refractivity contribution in [1.29, 1.82) is 0 Å². The Kier molecular flexibility index (Phi) is 6.83. The average molecular weight is 418 g/mol. The molecule has 1 aromatic carbocycles. The van der Waals surface area contributed by atoms with E-state index in [4.69, 9.17) is 4.18 Å². The Bertz CT molecular complexity index is 898. The van der Waals surface area contributed by atoms with Gasteiger partial charge in [-0.2, -0.15) is 0 Å². The zero-order valence-electron chi connectivity index (χ0n) is 17.2. The number of benzene rings is 1. The lowest BCUT2D eigenvalue weighted by Crippen LogP contribution is -2.36. The average Bonchev–Trinajstić information content (AvgIpc) is 3.03. The second-order valence-electron chi connectivity index (χ2n) is 7.09. The third kappa shape index (κ3) is 5.31. The number of carbonyl (C=O) groups is 2. The monoisotopic (exact) mass is 417 g/mol. The van der Waals surface area contributed by atoms with Gasteiger partial charge in [-0.1, -0.05) is 0 Å². The molecule has 0 radical (unpaired) electrons. The molecule has 1 aromatic heterocycles. The number of hydrogen-bond acceptors (Lipinski definition) is 6. The maximum Gasteiger partial charge on any atom is 0.257 e. The minimum Gasteiger partial charge on any atom is -0.337 e. The highest BCUT2D eigenvalue weighted by Crippen LogP contribution is 2.25. The summed E-state index contributed by atoms with van der Waals surface area (Å²) in [5, 5.41) is 2.95. The summed E-state index contributed by atoms with van der Waals surface area (Å²) >= 11 is 1.17. The normalized spacial score (nSPS) is 14.4. The minimum absolute atomic E-state index is 0.108. The van der Waals surface area contributed by atoms with Crippen LogP contribution in [-0.2, 0) is 16.0 Å². The standard InChI is InChI=1S/C20H27N5O3S/c1-14-9-16(12-17(10-14)22-24(3)29-28-4)21-20(27)15-11-18(23(2)13-15)25-8-6-5-7-19(25)26/h9-13,22H,5-8H2,1-4H3,(H,21,27). The van der Waals surface area contributed by atoms with E-state index in [9.17, 15) is 9.59 Å². The van der Waals surface area contributed by atoms with Crippen LogP contribution in [0.1, 0.15) is 35.2 Å². The smallest absolute Gasteiger partial charge is 0.257 e. The molecule has 1 saturated heterocycles. The molecule has 2 N–H and O–H groups in total. The number of aromatic nitrogens is 1. The number of amides is 2. The number of hydrogen-bond donors (Lipinski definition) is 2. The first kappa shape index (κ1) is 21.2. The molecular formula is C20H27N5O3S. The number of hydrazine groups is 1. The Morgan fingerprint density at radius 3 is 2.69 bits per heavy atom. The van der Waals surface area contributed by atoms with Crippen LogP contribution in [0.4, 0.5) is 17.2 Å².